The van der Waals surface area contributed by atoms with Crippen molar-refractivity contribution < 1.29 is 9.53 Å². The Balaban J connectivity index is 1.86. The first-order chi connectivity index (χ1) is 12.9. The van der Waals surface area contributed by atoms with Crippen molar-refractivity contribution in [1.82, 2.24) is 0 Å². The number of carbonyl (C=O) groups is 1. The second-order valence-electron chi connectivity index (χ2n) is 6.32. The van der Waals surface area contributed by atoms with E-state index in [-0.39, 0.29) is 5.91 Å². The van der Waals surface area contributed by atoms with Crippen LogP contribution in [0.4, 0.5) is 5.69 Å². The topological polar surface area (TPSA) is 29.5 Å². The number of halogens is 1. The summed E-state index contributed by atoms with van der Waals surface area (Å²) in [7, 11) is 0. The van der Waals surface area contributed by atoms with E-state index in [1.807, 2.05) is 49.4 Å². The number of thioether (sulfide) groups is 1. The van der Waals surface area contributed by atoms with Crippen LogP contribution in [0.3, 0.4) is 0 Å². The summed E-state index contributed by atoms with van der Waals surface area (Å²) < 4.78 is 7.10. The maximum absolute atomic E-state index is 12.9. The molecule has 6 heteroatoms. The number of anilines is 1. The Morgan fingerprint density at radius 3 is 2.63 bits per heavy atom. The molecule has 0 radical (unpaired) electrons. The van der Waals surface area contributed by atoms with Crippen molar-refractivity contribution in [2.45, 2.75) is 27.2 Å². The van der Waals surface area contributed by atoms with Crippen molar-refractivity contribution in [1.29, 1.82) is 0 Å². The molecule has 1 saturated heterocycles. The predicted octanol–water partition coefficient (Wildman–Crippen LogP) is 6.26. The number of hydrogen-bond donors (Lipinski definition) is 0. The van der Waals surface area contributed by atoms with Crippen LogP contribution in [0.2, 0.25) is 0 Å². The van der Waals surface area contributed by atoms with Gasteiger partial charge in [0.1, 0.15) is 5.75 Å². The number of benzene rings is 2. The molecule has 0 unspecified atom stereocenters. The molecule has 0 atom stereocenters. The number of thiocarbonyl (C=S) groups is 1. The maximum Gasteiger partial charge on any atom is 0.270 e. The van der Waals surface area contributed by atoms with E-state index in [9.17, 15) is 4.79 Å². The number of amides is 1. The van der Waals surface area contributed by atoms with Crippen molar-refractivity contribution in [2.24, 2.45) is 0 Å². The zero-order valence-corrected chi connectivity index (χ0v) is 18.6. The fraction of sp³-hybridized carbons (Fsp3) is 0.238. The zero-order chi connectivity index (χ0) is 19.6. The van der Waals surface area contributed by atoms with Crippen LogP contribution in [0, 0.1) is 13.8 Å². The Kier molecular flexibility index (Phi) is 6.40. The highest BCUT2D eigenvalue weighted by Gasteiger charge is 2.33. The molecule has 0 spiro atoms. The van der Waals surface area contributed by atoms with E-state index < -0.39 is 0 Å². The van der Waals surface area contributed by atoms with Gasteiger partial charge in [-0.2, -0.15) is 0 Å². The molecule has 0 saturated carbocycles. The molecule has 27 heavy (non-hydrogen) atoms. The number of aryl methyl sites for hydroxylation is 2. The average molecular weight is 462 g/mol. The molecule has 1 aliphatic rings. The first-order valence-electron chi connectivity index (χ1n) is 8.68. The lowest BCUT2D eigenvalue weighted by Gasteiger charge is -2.15. The summed E-state index contributed by atoms with van der Waals surface area (Å²) in [5.74, 6) is 0.715. The zero-order valence-electron chi connectivity index (χ0n) is 15.4. The molecule has 0 aromatic heterocycles. The van der Waals surface area contributed by atoms with Crippen LogP contribution in [0.25, 0.3) is 6.08 Å². The van der Waals surface area contributed by atoms with Gasteiger partial charge in [0, 0.05) is 0 Å². The van der Waals surface area contributed by atoms with Gasteiger partial charge in [-0.1, -0.05) is 43.0 Å². The number of ether oxygens (including phenoxy) is 1. The lowest BCUT2D eigenvalue weighted by molar-refractivity contribution is -0.113. The van der Waals surface area contributed by atoms with Crippen molar-refractivity contribution in [3.05, 3.63) is 62.5 Å². The molecular weight excluding hydrogens is 442 g/mol. The monoisotopic (exact) mass is 461 g/mol. The predicted molar refractivity (Wildman–Crippen MR) is 121 cm³/mol. The van der Waals surface area contributed by atoms with Crippen molar-refractivity contribution >= 4 is 61.9 Å². The first-order valence-corrected chi connectivity index (χ1v) is 10.7. The van der Waals surface area contributed by atoms with Crippen LogP contribution in [-0.2, 0) is 4.79 Å². The molecule has 1 aliphatic heterocycles. The van der Waals surface area contributed by atoms with E-state index in [1.165, 1.54) is 17.3 Å². The van der Waals surface area contributed by atoms with Gasteiger partial charge in [0.2, 0.25) is 0 Å². The van der Waals surface area contributed by atoms with Crippen LogP contribution in [0.5, 0.6) is 5.75 Å². The number of carbonyl (C=O) groups excluding carboxylic acids is 1. The van der Waals surface area contributed by atoms with Gasteiger partial charge in [-0.3, -0.25) is 9.69 Å². The fourth-order valence-electron chi connectivity index (χ4n) is 2.64. The van der Waals surface area contributed by atoms with Crippen molar-refractivity contribution in [3.8, 4) is 5.75 Å². The molecule has 140 valence electrons. The van der Waals surface area contributed by atoms with E-state index in [0.717, 1.165) is 33.5 Å². The van der Waals surface area contributed by atoms with Crippen molar-refractivity contribution in [3.63, 3.8) is 0 Å². The van der Waals surface area contributed by atoms with Gasteiger partial charge in [0.15, 0.2) is 4.32 Å². The molecule has 1 fully saturated rings. The Morgan fingerprint density at radius 2 is 1.96 bits per heavy atom. The number of nitrogens with zero attached hydrogens (tertiary/aromatic N) is 1. The van der Waals surface area contributed by atoms with Gasteiger partial charge < -0.3 is 4.74 Å². The van der Waals surface area contributed by atoms with Crippen LogP contribution >= 0.6 is 39.9 Å². The Hall–Kier alpha value is -1.63. The minimum Gasteiger partial charge on any atom is -0.492 e. The van der Waals surface area contributed by atoms with Crippen LogP contribution in [0.1, 0.15) is 30.0 Å². The molecule has 1 heterocycles. The smallest absolute Gasteiger partial charge is 0.270 e. The highest BCUT2D eigenvalue weighted by atomic mass is 79.9. The summed E-state index contributed by atoms with van der Waals surface area (Å²) in [6, 6.07) is 11.8. The third kappa shape index (κ3) is 4.45. The Bertz CT molecular complexity index is 940. The van der Waals surface area contributed by atoms with Crippen LogP contribution in [-0.4, -0.2) is 16.8 Å². The van der Waals surface area contributed by atoms with Gasteiger partial charge in [-0.25, -0.2) is 0 Å². The summed E-state index contributed by atoms with van der Waals surface area (Å²) in [4.78, 5) is 15.1. The highest BCUT2D eigenvalue weighted by Crippen LogP contribution is 2.37. The van der Waals surface area contributed by atoms with E-state index in [2.05, 4.69) is 29.8 Å². The minimum absolute atomic E-state index is 0.0873. The molecule has 2 aromatic carbocycles. The maximum atomic E-state index is 12.9. The lowest BCUT2D eigenvalue weighted by Crippen LogP contribution is -2.27. The van der Waals surface area contributed by atoms with Gasteiger partial charge in [0.25, 0.3) is 5.91 Å². The summed E-state index contributed by atoms with van der Waals surface area (Å²) in [5, 5.41) is 0. The van der Waals surface area contributed by atoms with Crippen molar-refractivity contribution in [2.75, 3.05) is 11.5 Å². The van der Waals surface area contributed by atoms with Crippen LogP contribution < -0.4 is 9.64 Å². The van der Waals surface area contributed by atoms with Gasteiger partial charge >= 0.3 is 0 Å². The SMILES string of the molecule is CCCOc1ccc(/C=C2\SC(=S)N(c3ccc(C)c(C)c3)C2=O)cc1Br. The van der Waals surface area contributed by atoms with Gasteiger partial charge in [-0.15, -0.1) is 0 Å². The number of rotatable bonds is 5. The molecule has 1 amide bonds. The molecule has 3 nitrogen and oxygen atoms in total. The Morgan fingerprint density at radius 1 is 1.19 bits per heavy atom. The molecule has 0 N–H and O–H groups in total. The minimum atomic E-state index is -0.0873. The normalized spacial score (nSPS) is 15.7. The summed E-state index contributed by atoms with van der Waals surface area (Å²) in [6.07, 6.45) is 2.82. The molecule has 0 bridgehead atoms. The third-order valence-corrected chi connectivity index (χ3v) is 6.18. The molecular formula is C21H20BrNO2S2. The van der Waals surface area contributed by atoms with Gasteiger partial charge in [0.05, 0.1) is 21.7 Å². The lowest BCUT2D eigenvalue weighted by atomic mass is 10.1. The second kappa shape index (κ2) is 8.59. The quantitative estimate of drug-likeness (QED) is 0.388. The molecule has 0 aliphatic carbocycles. The largest absolute Gasteiger partial charge is 0.492 e. The van der Waals surface area contributed by atoms with Gasteiger partial charge in [-0.05, 0) is 83.2 Å². The third-order valence-electron chi connectivity index (χ3n) is 4.26. The molecule has 3 rings (SSSR count). The van der Waals surface area contributed by atoms with E-state index in [1.54, 1.807) is 4.90 Å². The Labute approximate surface area is 177 Å². The molecule has 2 aromatic rings. The van der Waals surface area contributed by atoms with E-state index >= 15 is 0 Å². The first kappa shape index (κ1) is 20.1. The van der Waals surface area contributed by atoms with E-state index in [0.29, 0.717) is 15.8 Å². The van der Waals surface area contributed by atoms with Crippen LogP contribution in [0.15, 0.2) is 45.8 Å². The highest BCUT2D eigenvalue weighted by molar-refractivity contribution is 9.10. The summed E-state index contributed by atoms with van der Waals surface area (Å²) in [5.41, 5.74) is 4.06. The number of hydrogen-bond acceptors (Lipinski definition) is 4. The average Bonchev–Trinajstić information content (AvgIpc) is 2.90. The standard InChI is InChI=1S/C21H20BrNO2S2/c1-4-9-25-18-8-6-15(11-17(18)22)12-19-20(24)23(21(26)27-19)16-7-5-13(2)14(3)10-16/h5-8,10-12H,4,9H2,1-3H3/b19-12-. The second-order valence-corrected chi connectivity index (χ2v) is 8.85. The van der Waals surface area contributed by atoms with E-state index in [4.69, 9.17) is 17.0 Å². The fourth-order valence-corrected chi connectivity index (χ4v) is 4.45. The summed E-state index contributed by atoms with van der Waals surface area (Å²) >= 11 is 10.3. The summed E-state index contributed by atoms with van der Waals surface area (Å²) in [6.45, 7) is 6.83.